The van der Waals surface area contributed by atoms with E-state index in [1.54, 1.807) is 0 Å². The molecule has 2 aromatic carbocycles. The third kappa shape index (κ3) is 2.50. The Labute approximate surface area is 142 Å². The van der Waals surface area contributed by atoms with Gasteiger partial charge in [0.25, 0.3) is 0 Å². The van der Waals surface area contributed by atoms with Crippen molar-refractivity contribution in [1.29, 1.82) is 5.26 Å². The Hall–Kier alpha value is -2.57. The normalized spacial score (nSPS) is 18.6. The first-order valence-electron chi connectivity index (χ1n) is 8.62. The molecule has 4 rings (SSSR count). The second kappa shape index (κ2) is 6.14. The Bertz CT molecular complexity index is 893. The van der Waals surface area contributed by atoms with Crippen molar-refractivity contribution in [2.24, 2.45) is 0 Å². The zero-order valence-corrected chi connectivity index (χ0v) is 13.9. The third-order valence-electron chi connectivity index (χ3n) is 5.21. The molecule has 3 nitrogen and oxygen atoms in total. The van der Waals surface area contributed by atoms with Gasteiger partial charge in [-0.3, -0.25) is 0 Å². The first kappa shape index (κ1) is 15.0. The molecule has 1 aromatic heterocycles. The summed E-state index contributed by atoms with van der Waals surface area (Å²) in [5.74, 6) is 0.483. The van der Waals surface area contributed by atoms with E-state index in [1.807, 2.05) is 24.3 Å². The number of hydrogen-bond donors (Lipinski definition) is 1. The molecule has 3 aromatic rings. The number of benzene rings is 2. The van der Waals surface area contributed by atoms with E-state index in [0.717, 1.165) is 12.2 Å². The van der Waals surface area contributed by atoms with Gasteiger partial charge < -0.3 is 9.88 Å². The smallest absolute Gasteiger partial charge is 0.0991 e. The number of nitrogens with zero attached hydrogens (tertiary/aromatic N) is 2. The Morgan fingerprint density at radius 3 is 2.67 bits per heavy atom. The van der Waals surface area contributed by atoms with Crippen LogP contribution in [0.1, 0.15) is 36.8 Å². The Kier molecular flexibility index (Phi) is 3.84. The van der Waals surface area contributed by atoms with Crippen molar-refractivity contribution >= 4 is 10.9 Å². The van der Waals surface area contributed by atoms with E-state index in [-0.39, 0.29) is 0 Å². The van der Waals surface area contributed by atoms with Crippen molar-refractivity contribution < 1.29 is 0 Å². The number of rotatable bonds is 3. The van der Waals surface area contributed by atoms with Crippen molar-refractivity contribution in [2.75, 3.05) is 6.54 Å². The van der Waals surface area contributed by atoms with Crippen LogP contribution in [0.5, 0.6) is 0 Å². The van der Waals surface area contributed by atoms with Gasteiger partial charge in [0.2, 0.25) is 0 Å². The van der Waals surface area contributed by atoms with E-state index in [2.05, 4.69) is 53.3 Å². The monoisotopic (exact) mass is 315 g/mol. The minimum Gasteiger partial charge on any atom is -0.316 e. The molecule has 0 saturated carbocycles. The molecule has 0 amide bonds. The Morgan fingerprint density at radius 1 is 1.17 bits per heavy atom. The van der Waals surface area contributed by atoms with Crippen LogP contribution in [-0.2, 0) is 0 Å². The molecule has 2 atom stereocenters. The zero-order chi connectivity index (χ0) is 16.5. The van der Waals surface area contributed by atoms with Crippen LogP contribution in [0.3, 0.4) is 0 Å². The largest absolute Gasteiger partial charge is 0.316 e. The molecule has 2 unspecified atom stereocenters. The fraction of sp³-hybridized carbons (Fsp3) is 0.286. The van der Waals surface area contributed by atoms with Crippen LogP contribution in [0, 0.1) is 11.3 Å². The number of aromatic nitrogens is 1. The van der Waals surface area contributed by atoms with E-state index < -0.39 is 0 Å². The third-order valence-corrected chi connectivity index (χ3v) is 5.21. The van der Waals surface area contributed by atoms with Crippen LogP contribution in [-0.4, -0.2) is 17.2 Å². The van der Waals surface area contributed by atoms with Gasteiger partial charge in [0.1, 0.15) is 0 Å². The maximum absolute atomic E-state index is 9.01. The minimum atomic E-state index is 0.483. The predicted octanol–water partition coefficient (Wildman–Crippen LogP) is 4.36. The zero-order valence-electron chi connectivity index (χ0n) is 13.9. The number of para-hydroxylation sites is 1. The standard InChI is InChI=1S/C21H21N3/c1-15(20-6-4-12-23-20)19-14-24(21-7-3-2-5-18(19)21)17-10-8-16(13-22)9-11-17/h2-3,5,7-11,14-15,20,23H,4,6,12H2,1H3. The van der Waals surface area contributed by atoms with Crippen LogP contribution in [0.25, 0.3) is 16.6 Å². The molecule has 2 heterocycles. The molecule has 0 spiro atoms. The van der Waals surface area contributed by atoms with E-state index in [4.69, 9.17) is 5.26 Å². The maximum atomic E-state index is 9.01. The molecule has 0 bridgehead atoms. The van der Waals surface area contributed by atoms with Crippen molar-refractivity contribution in [3.8, 4) is 11.8 Å². The lowest BCUT2D eigenvalue weighted by molar-refractivity contribution is 0.519. The van der Waals surface area contributed by atoms with Crippen molar-refractivity contribution in [1.82, 2.24) is 9.88 Å². The van der Waals surface area contributed by atoms with Crippen LogP contribution in [0.2, 0.25) is 0 Å². The number of nitriles is 1. The highest BCUT2D eigenvalue weighted by Crippen LogP contribution is 2.33. The van der Waals surface area contributed by atoms with Crippen LogP contribution in [0.4, 0.5) is 0 Å². The van der Waals surface area contributed by atoms with Crippen molar-refractivity contribution in [3.63, 3.8) is 0 Å². The lowest BCUT2D eigenvalue weighted by atomic mass is 9.92. The van der Waals surface area contributed by atoms with Crippen molar-refractivity contribution in [2.45, 2.75) is 31.7 Å². The molecule has 3 heteroatoms. The molecular weight excluding hydrogens is 294 g/mol. The van der Waals surface area contributed by atoms with Crippen LogP contribution < -0.4 is 5.32 Å². The highest BCUT2D eigenvalue weighted by molar-refractivity contribution is 5.86. The molecular formula is C21H21N3. The number of nitrogens with one attached hydrogen (secondary N) is 1. The summed E-state index contributed by atoms with van der Waals surface area (Å²) in [6.45, 7) is 3.46. The first-order valence-corrected chi connectivity index (χ1v) is 8.62. The summed E-state index contributed by atoms with van der Waals surface area (Å²) in [5, 5.41) is 14.0. The summed E-state index contributed by atoms with van der Waals surface area (Å²) >= 11 is 0. The predicted molar refractivity (Wildman–Crippen MR) is 97.4 cm³/mol. The van der Waals surface area contributed by atoms with E-state index >= 15 is 0 Å². The molecule has 1 saturated heterocycles. The summed E-state index contributed by atoms with van der Waals surface area (Å²) in [4.78, 5) is 0. The fourth-order valence-electron chi connectivity index (χ4n) is 3.83. The van der Waals surface area contributed by atoms with E-state index in [0.29, 0.717) is 17.5 Å². The summed E-state index contributed by atoms with van der Waals surface area (Å²) in [5.41, 5.74) is 4.42. The maximum Gasteiger partial charge on any atom is 0.0991 e. The minimum absolute atomic E-state index is 0.483. The quantitative estimate of drug-likeness (QED) is 0.780. The van der Waals surface area contributed by atoms with Gasteiger partial charge in [-0.1, -0.05) is 25.1 Å². The van der Waals surface area contributed by atoms with Crippen molar-refractivity contribution in [3.05, 3.63) is 65.9 Å². The van der Waals surface area contributed by atoms with Gasteiger partial charge in [-0.15, -0.1) is 0 Å². The second-order valence-corrected chi connectivity index (χ2v) is 6.62. The average Bonchev–Trinajstić information content (AvgIpc) is 3.29. The summed E-state index contributed by atoms with van der Waals surface area (Å²) in [7, 11) is 0. The van der Waals surface area contributed by atoms with E-state index in [9.17, 15) is 0 Å². The topological polar surface area (TPSA) is 40.8 Å². The molecule has 1 aliphatic rings. The summed E-state index contributed by atoms with van der Waals surface area (Å²) in [6.07, 6.45) is 4.79. The lowest BCUT2D eigenvalue weighted by Gasteiger charge is -2.19. The molecule has 1 fully saturated rings. The van der Waals surface area contributed by atoms with Gasteiger partial charge in [0, 0.05) is 23.3 Å². The highest BCUT2D eigenvalue weighted by atomic mass is 15.0. The molecule has 0 aliphatic carbocycles. The average molecular weight is 315 g/mol. The molecule has 1 N–H and O–H groups in total. The SMILES string of the molecule is CC(c1cn(-c2ccc(C#N)cc2)c2ccccc12)C1CCCN1. The first-order chi connectivity index (χ1) is 11.8. The van der Waals surface area contributed by atoms with Gasteiger partial charge in [0.05, 0.1) is 17.1 Å². The summed E-state index contributed by atoms with van der Waals surface area (Å²) < 4.78 is 2.25. The summed E-state index contributed by atoms with van der Waals surface area (Å²) in [6, 6.07) is 19.1. The van der Waals surface area contributed by atoms with Gasteiger partial charge >= 0.3 is 0 Å². The highest BCUT2D eigenvalue weighted by Gasteiger charge is 2.25. The van der Waals surface area contributed by atoms with Gasteiger partial charge in [-0.05, 0) is 61.2 Å². The molecule has 1 aliphatic heterocycles. The Balaban J connectivity index is 1.82. The van der Waals surface area contributed by atoms with Gasteiger partial charge in [-0.25, -0.2) is 0 Å². The van der Waals surface area contributed by atoms with Crippen LogP contribution >= 0.6 is 0 Å². The molecule has 0 radical (unpaired) electrons. The number of fused-ring (bicyclic) bond motifs is 1. The van der Waals surface area contributed by atoms with Gasteiger partial charge in [0.15, 0.2) is 0 Å². The lowest BCUT2D eigenvalue weighted by Crippen LogP contribution is -2.27. The van der Waals surface area contributed by atoms with Crippen LogP contribution in [0.15, 0.2) is 54.7 Å². The fourth-order valence-corrected chi connectivity index (χ4v) is 3.83. The van der Waals surface area contributed by atoms with E-state index in [1.165, 1.54) is 29.3 Å². The molecule has 120 valence electrons. The molecule has 24 heavy (non-hydrogen) atoms. The Morgan fingerprint density at radius 2 is 1.96 bits per heavy atom. The van der Waals surface area contributed by atoms with Gasteiger partial charge in [-0.2, -0.15) is 5.26 Å². The second-order valence-electron chi connectivity index (χ2n) is 6.62. The number of hydrogen-bond acceptors (Lipinski definition) is 2.